The van der Waals surface area contributed by atoms with Gasteiger partial charge in [-0.1, -0.05) is 18.2 Å². The van der Waals surface area contributed by atoms with E-state index < -0.39 is 0 Å². The monoisotopic (exact) mass is 354 g/mol. The first-order valence-corrected chi connectivity index (χ1v) is 8.69. The molecule has 1 aliphatic heterocycles. The van der Waals surface area contributed by atoms with Crippen LogP contribution in [-0.4, -0.2) is 43.2 Å². The highest BCUT2D eigenvalue weighted by Gasteiger charge is 2.22. The third kappa shape index (κ3) is 4.21. The lowest BCUT2D eigenvalue weighted by Gasteiger charge is -2.29. The fraction of sp³-hybridized carbons (Fsp3) is 0.300. The predicted octanol–water partition coefficient (Wildman–Crippen LogP) is 1.77. The quantitative estimate of drug-likeness (QED) is 0.829. The molecule has 26 heavy (non-hydrogen) atoms. The minimum atomic E-state index is -0.258. The number of amides is 2. The summed E-state index contributed by atoms with van der Waals surface area (Å²) in [6.07, 6.45) is 1.93. The topological polar surface area (TPSA) is 78.9 Å². The molecule has 0 saturated heterocycles. The summed E-state index contributed by atoms with van der Waals surface area (Å²) in [5.41, 5.74) is 2.62. The zero-order chi connectivity index (χ0) is 18.4. The van der Waals surface area contributed by atoms with Crippen molar-refractivity contribution in [1.29, 1.82) is 0 Å². The van der Waals surface area contributed by atoms with Crippen molar-refractivity contribution in [3.63, 3.8) is 0 Å². The van der Waals surface area contributed by atoms with Gasteiger partial charge in [-0.25, -0.2) is 0 Å². The van der Waals surface area contributed by atoms with E-state index in [1.54, 1.807) is 29.2 Å². The van der Waals surface area contributed by atoms with Gasteiger partial charge < -0.3 is 20.1 Å². The van der Waals surface area contributed by atoms with Crippen molar-refractivity contribution in [1.82, 2.24) is 5.32 Å². The van der Waals surface area contributed by atoms with Crippen LogP contribution in [0.5, 0.6) is 5.75 Å². The molecule has 0 atom stereocenters. The molecular formula is C20H22N2O4. The molecule has 2 amide bonds. The normalized spacial score (nSPS) is 13.0. The molecule has 0 spiro atoms. The van der Waals surface area contributed by atoms with Gasteiger partial charge in [0.2, 0.25) is 0 Å². The van der Waals surface area contributed by atoms with E-state index in [9.17, 15) is 9.59 Å². The number of carbonyl (C=O) groups excluding carboxylic acids is 2. The van der Waals surface area contributed by atoms with Gasteiger partial charge in [0.05, 0.1) is 6.61 Å². The number of fused-ring (bicyclic) bond motifs is 1. The average Bonchev–Trinajstić information content (AvgIpc) is 2.70. The SMILES string of the molecule is O=C(NCCO)c1ccc(OCC(=O)N2CCCc3ccccc32)cc1. The Kier molecular flexibility index (Phi) is 5.86. The first-order valence-electron chi connectivity index (χ1n) is 8.69. The van der Waals surface area contributed by atoms with E-state index in [1.807, 2.05) is 18.2 Å². The number of nitrogens with zero attached hydrogens (tertiary/aromatic N) is 1. The molecule has 1 aliphatic rings. The number of anilines is 1. The summed E-state index contributed by atoms with van der Waals surface area (Å²) in [5.74, 6) is 0.191. The van der Waals surface area contributed by atoms with E-state index in [4.69, 9.17) is 9.84 Å². The largest absolute Gasteiger partial charge is 0.484 e. The number of hydrogen-bond acceptors (Lipinski definition) is 4. The van der Waals surface area contributed by atoms with Crippen molar-refractivity contribution in [2.45, 2.75) is 12.8 Å². The standard InChI is InChI=1S/C20H22N2O4/c23-13-11-21-20(25)16-7-9-17(10-8-16)26-14-19(24)22-12-3-5-15-4-1-2-6-18(15)22/h1-2,4,6-10,23H,3,5,11-14H2,(H,21,25). The lowest BCUT2D eigenvalue weighted by Crippen LogP contribution is -2.38. The second-order valence-electron chi connectivity index (χ2n) is 6.07. The summed E-state index contributed by atoms with van der Waals surface area (Å²) in [4.78, 5) is 26.1. The van der Waals surface area contributed by atoms with Crippen molar-refractivity contribution in [3.05, 3.63) is 59.7 Å². The first kappa shape index (κ1) is 17.9. The van der Waals surface area contributed by atoms with Crippen LogP contribution >= 0.6 is 0 Å². The van der Waals surface area contributed by atoms with E-state index in [1.165, 1.54) is 5.56 Å². The van der Waals surface area contributed by atoms with Gasteiger partial charge in [-0.2, -0.15) is 0 Å². The summed E-state index contributed by atoms with van der Waals surface area (Å²) < 4.78 is 5.59. The van der Waals surface area contributed by atoms with Gasteiger partial charge in [-0.15, -0.1) is 0 Å². The Bertz CT molecular complexity index is 774. The van der Waals surface area contributed by atoms with Crippen molar-refractivity contribution >= 4 is 17.5 Å². The molecule has 2 aromatic carbocycles. The van der Waals surface area contributed by atoms with E-state index in [2.05, 4.69) is 11.4 Å². The number of rotatable bonds is 6. The fourth-order valence-corrected chi connectivity index (χ4v) is 2.99. The van der Waals surface area contributed by atoms with Crippen LogP contribution in [0.4, 0.5) is 5.69 Å². The number of aliphatic hydroxyl groups excluding tert-OH is 1. The molecule has 2 N–H and O–H groups in total. The second kappa shape index (κ2) is 8.49. The Hall–Kier alpha value is -2.86. The highest BCUT2D eigenvalue weighted by atomic mass is 16.5. The van der Waals surface area contributed by atoms with Crippen LogP contribution < -0.4 is 15.0 Å². The first-order chi connectivity index (χ1) is 12.7. The van der Waals surface area contributed by atoms with E-state index >= 15 is 0 Å². The number of aliphatic hydroxyl groups is 1. The van der Waals surface area contributed by atoms with Crippen LogP contribution in [0.2, 0.25) is 0 Å². The highest BCUT2D eigenvalue weighted by Crippen LogP contribution is 2.26. The zero-order valence-corrected chi connectivity index (χ0v) is 14.5. The number of para-hydroxylation sites is 1. The van der Waals surface area contributed by atoms with Crippen molar-refractivity contribution in [2.75, 3.05) is 31.2 Å². The van der Waals surface area contributed by atoms with Gasteiger partial charge in [0.1, 0.15) is 5.75 Å². The fourth-order valence-electron chi connectivity index (χ4n) is 2.99. The van der Waals surface area contributed by atoms with Gasteiger partial charge in [-0.05, 0) is 48.7 Å². The summed E-state index contributed by atoms with van der Waals surface area (Å²) in [6.45, 7) is 0.755. The van der Waals surface area contributed by atoms with Crippen LogP contribution in [0.3, 0.4) is 0 Å². The molecule has 2 aromatic rings. The predicted molar refractivity (Wildman–Crippen MR) is 98.5 cm³/mol. The number of aryl methyl sites for hydroxylation is 1. The molecular weight excluding hydrogens is 332 g/mol. The van der Waals surface area contributed by atoms with Crippen molar-refractivity contribution in [2.24, 2.45) is 0 Å². The summed E-state index contributed by atoms with van der Waals surface area (Å²) in [6, 6.07) is 14.5. The molecule has 6 nitrogen and oxygen atoms in total. The maximum atomic E-state index is 12.5. The van der Waals surface area contributed by atoms with Crippen LogP contribution in [0.15, 0.2) is 48.5 Å². The number of carbonyl (C=O) groups is 2. The third-order valence-corrected chi connectivity index (χ3v) is 4.29. The molecule has 3 rings (SSSR count). The van der Waals surface area contributed by atoms with E-state index in [-0.39, 0.29) is 31.6 Å². The van der Waals surface area contributed by atoms with Crippen LogP contribution in [0.25, 0.3) is 0 Å². The number of ether oxygens (including phenoxy) is 1. The molecule has 1 heterocycles. The maximum Gasteiger partial charge on any atom is 0.264 e. The van der Waals surface area contributed by atoms with Gasteiger partial charge in [0.25, 0.3) is 11.8 Å². The average molecular weight is 354 g/mol. The van der Waals surface area contributed by atoms with Crippen molar-refractivity contribution < 1.29 is 19.4 Å². The molecule has 0 saturated carbocycles. The number of benzene rings is 2. The van der Waals surface area contributed by atoms with Gasteiger partial charge in [-0.3, -0.25) is 9.59 Å². The van der Waals surface area contributed by atoms with E-state index in [0.717, 1.165) is 18.5 Å². The van der Waals surface area contributed by atoms with Gasteiger partial charge >= 0.3 is 0 Å². The van der Waals surface area contributed by atoms with Crippen LogP contribution in [0.1, 0.15) is 22.3 Å². The van der Waals surface area contributed by atoms with Crippen LogP contribution in [-0.2, 0) is 11.2 Å². The van der Waals surface area contributed by atoms with Crippen LogP contribution in [0, 0.1) is 0 Å². The van der Waals surface area contributed by atoms with Gasteiger partial charge in [0, 0.05) is 24.3 Å². The minimum Gasteiger partial charge on any atom is -0.484 e. The lowest BCUT2D eigenvalue weighted by molar-refractivity contribution is -0.120. The molecule has 0 aliphatic carbocycles. The molecule has 0 fully saturated rings. The lowest BCUT2D eigenvalue weighted by atomic mass is 10.0. The highest BCUT2D eigenvalue weighted by molar-refractivity contribution is 5.96. The summed E-state index contributed by atoms with van der Waals surface area (Å²) in [7, 11) is 0. The molecule has 0 aromatic heterocycles. The Morgan fingerprint density at radius 3 is 2.65 bits per heavy atom. The molecule has 0 bridgehead atoms. The molecule has 6 heteroatoms. The van der Waals surface area contributed by atoms with Gasteiger partial charge in [0.15, 0.2) is 6.61 Å². The molecule has 0 radical (unpaired) electrons. The minimum absolute atomic E-state index is 0.0512. The van der Waals surface area contributed by atoms with Crippen molar-refractivity contribution in [3.8, 4) is 5.75 Å². The number of hydrogen-bond donors (Lipinski definition) is 2. The Morgan fingerprint density at radius 1 is 1.12 bits per heavy atom. The van der Waals surface area contributed by atoms with E-state index in [0.29, 0.717) is 17.9 Å². The molecule has 136 valence electrons. The zero-order valence-electron chi connectivity index (χ0n) is 14.5. The smallest absolute Gasteiger partial charge is 0.264 e. The number of nitrogens with one attached hydrogen (secondary N) is 1. The summed E-state index contributed by atoms with van der Waals surface area (Å²) >= 11 is 0. The Labute approximate surface area is 152 Å². The maximum absolute atomic E-state index is 12.5. The Balaban J connectivity index is 1.58. The summed E-state index contributed by atoms with van der Waals surface area (Å²) in [5, 5.41) is 11.3. The molecule has 0 unspecified atom stereocenters. The Morgan fingerprint density at radius 2 is 1.88 bits per heavy atom. The second-order valence-corrected chi connectivity index (χ2v) is 6.07. The third-order valence-electron chi connectivity index (χ3n) is 4.29.